The fourth-order valence-electron chi connectivity index (χ4n) is 1.60. The number of hydrogen-bond donors (Lipinski definition) is 1. The third kappa shape index (κ3) is 3.99. The third-order valence-corrected chi connectivity index (χ3v) is 3.41. The van der Waals surface area contributed by atoms with Gasteiger partial charge in [0.1, 0.15) is 10.9 Å². The van der Waals surface area contributed by atoms with E-state index >= 15 is 0 Å². The average molecular weight is 294 g/mol. The summed E-state index contributed by atoms with van der Waals surface area (Å²) in [6, 6.07) is -0.635. The highest BCUT2D eigenvalue weighted by Gasteiger charge is 2.22. The molecule has 0 spiro atoms. The van der Waals surface area contributed by atoms with Crippen molar-refractivity contribution in [3.63, 3.8) is 0 Å². The van der Waals surface area contributed by atoms with Gasteiger partial charge in [0, 0.05) is 13.1 Å². The number of amides is 2. The summed E-state index contributed by atoms with van der Waals surface area (Å²) in [6.45, 7) is 11.4. The van der Waals surface area contributed by atoms with Crippen molar-refractivity contribution in [2.24, 2.45) is 0 Å². The van der Waals surface area contributed by atoms with Crippen molar-refractivity contribution in [2.75, 3.05) is 13.1 Å². The predicted octanol–water partition coefficient (Wildman–Crippen LogP) is 1.17. The predicted molar refractivity (Wildman–Crippen MR) is 78.5 cm³/mol. The van der Waals surface area contributed by atoms with Crippen LogP contribution < -0.4 is 5.32 Å². The van der Waals surface area contributed by atoms with Crippen LogP contribution in [0, 0.1) is 6.92 Å². The molecule has 20 heavy (non-hydrogen) atoms. The minimum atomic E-state index is -0.635. The van der Waals surface area contributed by atoms with E-state index in [-0.39, 0.29) is 11.8 Å². The summed E-state index contributed by atoms with van der Waals surface area (Å²) < 4.78 is 3.70. The maximum absolute atomic E-state index is 12.2. The number of carbonyl (C=O) groups is 2. The van der Waals surface area contributed by atoms with E-state index in [2.05, 4.69) is 28.1 Å². The second-order valence-corrected chi connectivity index (χ2v) is 4.96. The van der Waals surface area contributed by atoms with Crippen molar-refractivity contribution in [3.8, 4) is 0 Å². The Hall–Kier alpha value is -2.02. The Morgan fingerprint density at radius 1 is 1.40 bits per heavy atom. The van der Waals surface area contributed by atoms with Crippen LogP contribution in [0.2, 0.25) is 0 Å². The van der Waals surface area contributed by atoms with E-state index in [9.17, 15) is 9.59 Å². The van der Waals surface area contributed by atoms with Crippen molar-refractivity contribution in [3.05, 3.63) is 35.9 Å². The Morgan fingerprint density at radius 2 is 2.00 bits per heavy atom. The number of nitrogens with zero attached hydrogens (tertiary/aromatic N) is 3. The van der Waals surface area contributed by atoms with Gasteiger partial charge in [-0.2, -0.15) is 0 Å². The van der Waals surface area contributed by atoms with Gasteiger partial charge in [-0.15, -0.1) is 18.3 Å². The van der Waals surface area contributed by atoms with Gasteiger partial charge in [0.25, 0.3) is 5.91 Å². The zero-order valence-electron chi connectivity index (χ0n) is 11.6. The van der Waals surface area contributed by atoms with Gasteiger partial charge >= 0.3 is 0 Å². The highest BCUT2D eigenvalue weighted by molar-refractivity contribution is 7.08. The molecule has 1 atom stereocenters. The van der Waals surface area contributed by atoms with Crippen molar-refractivity contribution in [1.29, 1.82) is 0 Å². The molecule has 1 aromatic heterocycles. The molecule has 1 heterocycles. The molecular weight excluding hydrogens is 276 g/mol. The van der Waals surface area contributed by atoms with Crippen LogP contribution in [0.1, 0.15) is 22.3 Å². The van der Waals surface area contributed by atoms with Crippen LogP contribution in [0.25, 0.3) is 0 Å². The summed E-state index contributed by atoms with van der Waals surface area (Å²) >= 11 is 1.01. The third-order valence-electron chi connectivity index (χ3n) is 2.59. The topological polar surface area (TPSA) is 75.2 Å². The van der Waals surface area contributed by atoms with E-state index < -0.39 is 6.04 Å². The second kappa shape index (κ2) is 7.54. The van der Waals surface area contributed by atoms with Gasteiger partial charge in [-0.1, -0.05) is 16.6 Å². The molecule has 108 valence electrons. The van der Waals surface area contributed by atoms with Gasteiger partial charge in [0.15, 0.2) is 0 Å². The molecule has 1 rings (SSSR count). The number of aryl methyl sites for hydroxylation is 1. The first-order valence-electron chi connectivity index (χ1n) is 6.11. The molecule has 0 saturated carbocycles. The van der Waals surface area contributed by atoms with Crippen LogP contribution in [0.5, 0.6) is 0 Å². The number of carbonyl (C=O) groups excluding carboxylic acids is 2. The molecule has 0 bridgehead atoms. The lowest BCUT2D eigenvalue weighted by Gasteiger charge is -2.23. The summed E-state index contributed by atoms with van der Waals surface area (Å²) in [7, 11) is 0. The summed E-state index contributed by atoms with van der Waals surface area (Å²) in [6.07, 6.45) is 3.26. The molecule has 1 aromatic rings. The molecule has 0 radical (unpaired) electrons. The molecule has 1 unspecified atom stereocenters. The summed E-state index contributed by atoms with van der Waals surface area (Å²) in [5, 5.41) is 6.42. The lowest BCUT2D eigenvalue weighted by atomic mass is 10.2. The van der Waals surface area contributed by atoms with E-state index in [1.54, 1.807) is 30.9 Å². The van der Waals surface area contributed by atoms with Crippen molar-refractivity contribution >= 4 is 23.3 Å². The van der Waals surface area contributed by atoms with E-state index in [4.69, 9.17) is 0 Å². The number of rotatable bonds is 7. The fourth-order valence-corrected chi connectivity index (χ4v) is 2.16. The smallest absolute Gasteiger partial charge is 0.265 e. The fraction of sp³-hybridized carbons (Fsp3) is 0.385. The summed E-state index contributed by atoms with van der Waals surface area (Å²) in [5.74, 6) is -0.524. The molecule has 0 aliphatic carbocycles. The zero-order chi connectivity index (χ0) is 15.1. The van der Waals surface area contributed by atoms with Crippen LogP contribution in [0.4, 0.5) is 0 Å². The maximum Gasteiger partial charge on any atom is 0.265 e. The minimum absolute atomic E-state index is 0.187. The van der Waals surface area contributed by atoms with Gasteiger partial charge < -0.3 is 10.2 Å². The van der Waals surface area contributed by atoms with Crippen LogP contribution in [-0.2, 0) is 4.79 Å². The van der Waals surface area contributed by atoms with E-state index in [0.29, 0.717) is 23.7 Å². The van der Waals surface area contributed by atoms with Gasteiger partial charge in [-0.25, -0.2) is 0 Å². The van der Waals surface area contributed by atoms with Crippen LogP contribution >= 0.6 is 11.5 Å². The molecule has 6 nitrogen and oxygen atoms in total. The van der Waals surface area contributed by atoms with E-state index in [0.717, 1.165) is 11.5 Å². The SMILES string of the molecule is C=CCN(CC=C)C(=O)C(C)NC(=O)c1snnc1C. The Labute approximate surface area is 122 Å². The summed E-state index contributed by atoms with van der Waals surface area (Å²) in [4.78, 5) is 26.2. The van der Waals surface area contributed by atoms with Crippen molar-refractivity contribution in [1.82, 2.24) is 19.8 Å². The van der Waals surface area contributed by atoms with Gasteiger partial charge in [-0.05, 0) is 25.4 Å². The highest BCUT2D eigenvalue weighted by Crippen LogP contribution is 2.09. The monoisotopic (exact) mass is 294 g/mol. The number of hydrogen-bond acceptors (Lipinski definition) is 5. The lowest BCUT2D eigenvalue weighted by molar-refractivity contribution is -0.131. The molecule has 7 heteroatoms. The first-order chi connectivity index (χ1) is 9.51. The van der Waals surface area contributed by atoms with E-state index in [1.807, 2.05) is 0 Å². The highest BCUT2D eigenvalue weighted by atomic mass is 32.1. The Kier molecular flexibility index (Phi) is 6.05. The second-order valence-electron chi connectivity index (χ2n) is 4.20. The Morgan fingerprint density at radius 3 is 2.45 bits per heavy atom. The van der Waals surface area contributed by atoms with Crippen LogP contribution in [-0.4, -0.2) is 45.4 Å². The Bertz CT molecular complexity index is 502. The maximum atomic E-state index is 12.2. The van der Waals surface area contributed by atoms with Crippen LogP contribution in [0.3, 0.4) is 0 Å². The number of aromatic nitrogens is 2. The van der Waals surface area contributed by atoms with Gasteiger partial charge in [0.2, 0.25) is 5.91 Å². The van der Waals surface area contributed by atoms with Crippen LogP contribution in [0.15, 0.2) is 25.3 Å². The molecule has 2 amide bonds. The van der Waals surface area contributed by atoms with Gasteiger partial charge in [0.05, 0.1) is 5.69 Å². The minimum Gasteiger partial charge on any atom is -0.340 e. The zero-order valence-corrected chi connectivity index (χ0v) is 12.4. The number of nitrogens with one attached hydrogen (secondary N) is 1. The van der Waals surface area contributed by atoms with Gasteiger partial charge in [-0.3, -0.25) is 9.59 Å². The normalized spacial score (nSPS) is 11.5. The largest absolute Gasteiger partial charge is 0.340 e. The molecular formula is C13H18N4O2S. The van der Waals surface area contributed by atoms with Crippen molar-refractivity contribution in [2.45, 2.75) is 19.9 Å². The molecule has 0 aliphatic rings. The standard InChI is InChI=1S/C13H18N4O2S/c1-5-7-17(8-6-2)13(19)10(4)14-12(18)11-9(3)15-16-20-11/h5-6,10H,1-2,7-8H2,3-4H3,(H,14,18). The molecule has 1 N–H and O–H groups in total. The van der Waals surface area contributed by atoms with E-state index in [1.165, 1.54) is 0 Å². The lowest BCUT2D eigenvalue weighted by Crippen LogP contribution is -2.47. The summed E-state index contributed by atoms with van der Waals surface area (Å²) in [5.41, 5.74) is 0.557. The first kappa shape index (κ1) is 16.0. The molecule has 0 fully saturated rings. The molecule has 0 aromatic carbocycles. The molecule has 0 aliphatic heterocycles. The first-order valence-corrected chi connectivity index (χ1v) is 6.89. The van der Waals surface area contributed by atoms with Crippen molar-refractivity contribution < 1.29 is 9.59 Å². The Balaban J connectivity index is 2.69. The average Bonchev–Trinajstić information content (AvgIpc) is 2.84. The quantitative estimate of drug-likeness (QED) is 0.766. The molecule has 0 saturated heterocycles.